The summed E-state index contributed by atoms with van der Waals surface area (Å²) in [6, 6.07) is 6.86. The van der Waals surface area contributed by atoms with Gasteiger partial charge >= 0.3 is 0 Å². The maximum Gasteiger partial charge on any atom is 0.269 e. The third-order valence-electron chi connectivity index (χ3n) is 2.81. The van der Waals surface area contributed by atoms with Crippen LogP contribution in [0, 0.1) is 10.1 Å². The van der Waals surface area contributed by atoms with Crippen LogP contribution in [0.4, 0.5) is 5.69 Å². The van der Waals surface area contributed by atoms with Crippen LogP contribution in [0.3, 0.4) is 0 Å². The summed E-state index contributed by atoms with van der Waals surface area (Å²) >= 11 is 2.30. The van der Waals surface area contributed by atoms with Crippen molar-refractivity contribution in [2.45, 2.75) is 18.4 Å². The van der Waals surface area contributed by atoms with Crippen molar-refractivity contribution in [1.82, 2.24) is 0 Å². The Kier molecular flexibility index (Phi) is 3.75. The lowest BCUT2D eigenvalue weighted by Gasteiger charge is -2.07. The molecule has 0 aromatic heterocycles. The predicted octanol–water partition coefficient (Wildman–Crippen LogP) is 2.90. The normalized spacial score (nSPS) is 24.6. The van der Waals surface area contributed by atoms with Gasteiger partial charge in [0.05, 0.1) is 17.6 Å². The molecule has 1 aromatic carbocycles. The molecule has 0 bridgehead atoms. The van der Waals surface area contributed by atoms with Crippen LogP contribution in [-0.2, 0) is 4.74 Å². The van der Waals surface area contributed by atoms with Gasteiger partial charge in [-0.2, -0.15) is 0 Å². The molecule has 1 heterocycles. The number of non-ortho nitro benzene ring substituents is 1. The summed E-state index contributed by atoms with van der Waals surface area (Å²) in [5, 5.41) is 10.7. The van der Waals surface area contributed by atoms with Crippen molar-refractivity contribution >= 4 is 28.3 Å². The number of rotatable bonds is 3. The number of benzene rings is 1. The van der Waals surface area contributed by atoms with E-state index in [1.54, 1.807) is 12.1 Å². The van der Waals surface area contributed by atoms with E-state index in [2.05, 4.69) is 22.6 Å². The third kappa shape index (κ3) is 2.52. The average molecular weight is 333 g/mol. The fourth-order valence-electron chi connectivity index (χ4n) is 1.94. The van der Waals surface area contributed by atoms with E-state index in [1.807, 2.05) is 6.07 Å². The summed E-state index contributed by atoms with van der Waals surface area (Å²) < 4.78 is 6.57. The van der Waals surface area contributed by atoms with E-state index in [9.17, 15) is 10.1 Å². The smallest absolute Gasteiger partial charge is 0.269 e. The quantitative estimate of drug-likeness (QED) is 0.370. The molecule has 0 aliphatic carbocycles. The second kappa shape index (κ2) is 5.09. The Labute approximate surface area is 107 Å². The number of nitro groups is 1. The highest BCUT2D eigenvalue weighted by atomic mass is 127. The van der Waals surface area contributed by atoms with Crippen LogP contribution in [0.2, 0.25) is 0 Å². The number of hydrogen-bond acceptors (Lipinski definition) is 3. The van der Waals surface area contributed by atoms with Crippen molar-refractivity contribution in [2.24, 2.45) is 0 Å². The Morgan fingerprint density at radius 3 is 3.00 bits per heavy atom. The van der Waals surface area contributed by atoms with Gasteiger partial charge < -0.3 is 4.74 Å². The van der Waals surface area contributed by atoms with Crippen LogP contribution in [0.15, 0.2) is 24.3 Å². The Morgan fingerprint density at radius 2 is 2.38 bits per heavy atom. The molecular weight excluding hydrogens is 321 g/mol. The molecule has 0 amide bonds. The third-order valence-corrected chi connectivity index (χ3v) is 3.79. The van der Waals surface area contributed by atoms with Crippen LogP contribution >= 0.6 is 22.6 Å². The van der Waals surface area contributed by atoms with Gasteiger partial charge in [-0.1, -0.05) is 34.7 Å². The van der Waals surface area contributed by atoms with Gasteiger partial charge in [0.25, 0.3) is 5.69 Å². The zero-order valence-electron chi connectivity index (χ0n) is 8.64. The molecule has 1 aliphatic heterocycles. The minimum atomic E-state index is -0.352. The Balaban J connectivity index is 2.15. The maximum absolute atomic E-state index is 10.7. The number of ether oxygens (including phenoxy) is 1. The van der Waals surface area contributed by atoms with Crippen molar-refractivity contribution in [3.8, 4) is 0 Å². The number of alkyl halides is 1. The van der Waals surface area contributed by atoms with Gasteiger partial charge in [-0.25, -0.2) is 0 Å². The fraction of sp³-hybridized carbons (Fsp3) is 0.455. The first-order valence-electron chi connectivity index (χ1n) is 5.12. The Morgan fingerprint density at radius 1 is 1.56 bits per heavy atom. The van der Waals surface area contributed by atoms with Crippen LogP contribution in [0.1, 0.15) is 17.9 Å². The molecule has 16 heavy (non-hydrogen) atoms. The average Bonchev–Trinajstić information content (AvgIpc) is 2.77. The summed E-state index contributed by atoms with van der Waals surface area (Å²) in [6.07, 6.45) is 1.26. The van der Waals surface area contributed by atoms with Crippen LogP contribution in [-0.4, -0.2) is 22.1 Å². The van der Waals surface area contributed by atoms with E-state index in [-0.39, 0.29) is 10.6 Å². The van der Waals surface area contributed by atoms with E-state index in [0.29, 0.717) is 18.6 Å². The summed E-state index contributed by atoms with van der Waals surface area (Å²) in [7, 11) is 0. The second-order valence-corrected chi connectivity index (χ2v) is 4.78. The summed E-state index contributed by atoms with van der Waals surface area (Å²) in [5.74, 6) is 0.305. The molecule has 0 saturated carbocycles. The van der Waals surface area contributed by atoms with E-state index in [0.717, 1.165) is 16.4 Å². The highest BCUT2D eigenvalue weighted by molar-refractivity contribution is 14.1. The standard InChI is InChI=1S/C11H12INO3/c12-6-11-5-9(7-16-11)8-2-1-3-10(4-8)13(14)15/h1-4,9,11H,5-7H2/t9-,11-/m0/s1. The highest BCUT2D eigenvalue weighted by Gasteiger charge is 2.26. The molecule has 1 aliphatic rings. The van der Waals surface area contributed by atoms with Gasteiger partial charge in [0, 0.05) is 22.5 Å². The second-order valence-electron chi connectivity index (χ2n) is 3.89. The molecule has 1 saturated heterocycles. The summed E-state index contributed by atoms with van der Waals surface area (Å²) in [4.78, 5) is 10.3. The molecule has 5 heteroatoms. The molecule has 0 unspecified atom stereocenters. The van der Waals surface area contributed by atoms with Crippen molar-refractivity contribution in [1.29, 1.82) is 0 Å². The lowest BCUT2D eigenvalue weighted by Crippen LogP contribution is -2.05. The zero-order valence-corrected chi connectivity index (χ0v) is 10.8. The number of halogens is 1. The van der Waals surface area contributed by atoms with Gasteiger partial charge in [-0.15, -0.1) is 0 Å². The molecule has 0 spiro atoms. The van der Waals surface area contributed by atoms with Gasteiger partial charge in [0.2, 0.25) is 0 Å². The van der Waals surface area contributed by atoms with E-state index >= 15 is 0 Å². The monoisotopic (exact) mass is 333 g/mol. The van der Waals surface area contributed by atoms with Crippen LogP contribution < -0.4 is 0 Å². The van der Waals surface area contributed by atoms with Crippen molar-refractivity contribution in [3.63, 3.8) is 0 Å². The highest BCUT2D eigenvalue weighted by Crippen LogP contribution is 2.31. The molecule has 4 nitrogen and oxygen atoms in total. The first kappa shape index (κ1) is 11.8. The molecule has 1 aromatic rings. The summed E-state index contributed by atoms with van der Waals surface area (Å²) in [5.41, 5.74) is 1.18. The fourth-order valence-corrected chi connectivity index (χ4v) is 2.55. The van der Waals surface area contributed by atoms with Gasteiger partial charge in [0.15, 0.2) is 0 Å². The number of nitrogens with zero attached hydrogens (tertiary/aromatic N) is 1. The van der Waals surface area contributed by atoms with Gasteiger partial charge in [-0.3, -0.25) is 10.1 Å². The van der Waals surface area contributed by atoms with Crippen molar-refractivity contribution < 1.29 is 9.66 Å². The molecule has 2 atom stereocenters. The molecule has 1 fully saturated rings. The van der Waals surface area contributed by atoms with Crippen molar-refractivity contribution in [3.05, 3.63) is 39.9 Å². The number of hydrogen-bond donors (Lipinski definition) is 0. The van der Waals surface area contributed by atoms with Gasteiger partial charge in [0.1, 0.15) is 0 Å². The molecule has 0 N–H and O–H groups in total. The van der Waals surface area contributed by atoms with E-state index in [4.69, 9.17) is 4.74 Å². The molecule has 0 radical (unpaired) electrons. The molecular formula is C11H12INO3. The largest absolute Gasteiger partial charge is 0.377 e. The minimum Gasteiger partial charge on any atom is -0.377 e. The number of nitro benzene ring substituents is 1. The first-order chi connectivity index (χ1) is 7.70. The lowest BCUT2D eigenvalue weighted by atomic mass is 9.96. The first-order valence-corrected chi connectivity index (χ1v) is 6.65. The van der Waals surface area contributed by atoms with Crippen molar-refractivity contribution in [2.75, 3.05) is 11.0 Å². The van der Waals surface area contributed by atoms with Crippen LogP contribution in [0.25, 0.3) is 0 Å². The topological polar surface area (TPSA) is 52.4 Å². The Bertz CT molecular complexity index is 397. The zero-order chi connectivity index (χ0) is 11.5. The minimum absolute atomic E-state index is 0.162. The SMILES string of the molecule is O=[N+]([O-])c1cccc([C@@H]2CO[C@H](CI)C2)c1. The van der Waals surface area contributed by atoms with Gasteiger partial charge in [-0.05, 0) is 12.0 Å². The van der Waals surface area contributed by atoms with E-state index in [1.165, 1.54) is 6.07 Å². The summed E-state index contributed by atoms with van der Waals surface area (Å²) in [6.45, 7) is 0.675. The predicted molar refractivity (Wildman–Crippen MR) is 69.1 cm³/mol. The Hall–Kier alpha value is -0.690. The molecule has 2 rings (SSSR count). The van der Waals surface area contributed by atoms with E-state index < -0.39 is 0 Å². The maximum atomic E-state index is 10.7. The van der Waals surface area contributed by atoms with Crippen LogP contribution in [0.5, 0.6) is 0 Å². The molecule has 86 valence electrons. The lowest BCUT2D eigenvalue weighted by molar-refractivity contribution is -0.384.